The van der Waals surface area contributed by atoms with Crippen molar-refractivity contribution in [3.05, 3.63) is 24.3 Å². The van der Waals surface area contributed by atoms with Gasteiger partial charge in [0.1, 0.15) is 18.3 Å². The first-order valence-corrected chi connectivity index (χ1v) is 24.0. The van der Waals surface area contributed by atoms with Crippen LogP contribution in [-0.4, -0.2) is 61.3 Å². The summed E-state index contributed by atoms with van der Waals surface area (Å²) in [5.41, 5.74) is 0. The van der Waals surface area contributed by atoms with Crippen molar-refractivity contribution >= 4 is 17.9 Å². The Hall–Kier alpha value is -2.15. The van der Waals surface area contributed by atoms with Crippen molar-refractivity contribution in [1.29, 1.82) is 0 Å². The Morgan fingerprint density at radius 3 is 1.16 bits per heavy atom. The molecule has 0 spiro atoms. The van der Waals surface area contributed by atoms with Gasteiger partial charge < -0.3 is 19.1 Å². The number of likely N-dealkylation sites (tertiary alicyclic amines) is 1. The van der Waals surface area contributed by atoms with Crippen LogP contribution >= 0.6 is 0 Å². The number of unbranched alkanes of at least 4 members (excludes halogenated alkanes) is 22. The number of ether oxygens (including phenoxy) is 3. The van der Waals surface area contributed by atoms with Gasteiger partial charge >= 0.3 is 17.9 Å². The highest BCUT2D eigenvalue weighted by atomic mass is 16.6. The van der Waals surface area contributed by atoms with Gasteiger partial charge in [0.2, 0.25) is 0 Å². The van der Waals surface area contributed by atoms with Gasteiger partial charge in [-0.1, -0.05) is 141 Å². The third-order valence-corrected chi connectivity index (χ3v) is 11.8. The van der Waals surface area contributed by atoms with Gasteiger partial charge in [0.05, 0.1) is 5.92 Å². The van der Waals surface area contributed by atoms with Crippen molar-refractivity contribution in [3.63, 3.8) is 0 Å². The summed E-state index contributed by atoms with van der Waals surface area (Å²) in [7, 11) is 2.08. The van der Waals surface area contributed by atoms with Crippen LogP contribution in [0.4, 0.5) is 0 Å². The largest absolute Gasteiger partial charge is 0.462 e. The lowest BCUT2D eigenvalue weighted by atomic mass is 9.91. The Balaban J connectivity index is 1.64. The third-order valence-electron chi connectivity index (χ3n) is 11.8. The number of hydrogen-bond acceptors (Lipinski definition) is 7. The molecule has 0 aromatic carbocycles. The number of allylic oxidation sites excluding steroid dienone is 4. The number of hydrogen-bond donors (Lipinski definition) is 0. The number of carbonyl (C=O) groups is 3. The molecule has 2 unspecified atom stereocenters. The Morgan fingerprint density at radius 2 is 0.786 bits per heavy atom. The average Bonchev–Trinajstić information content (AvgIpc) is 3.18. The first-order valence-electron chi connectivity index (χ1n) is 24.0. The van der Waals surface area contributed by atoms with E-state index in [9.17, 15) is 14.4 Å². The van der Waals surface area contributed by atoms with Gasteiger partial charge in [0, 0.05) is 32.1 Å². The fourth-order valence-corrected chi connectivity index (χ4v) is 8.13. The van der Waals surface area contributed by atoms with Crippen LogP contribution in [0.15, 0.2) is 24.3 Å². The monoisotopic (exact) mass is 786 g/mol. The molecule has 0 aromatic heterocycles. The van der Waals surface area contributed by atoms with Crippen molar-refractivity contribution in [2.75, 3.05) is 20.1 Å². The van der Waals surface area contributed by atoms with E-state index in [0.29, 0.717) is 32.1 Å². The minimum Gasteiger partial charge on any atom is -0.462 e. The molecule has 7 nitrogen and oxygen atoms in total. The molecule has 324 valence electrons. The molecule has 2 fully saturated rings. The second-order valence-electron chi connectivity index (χ2n) is 17.2. The van der Waals surface area contributed by atoms with Gasteiger partial charge in [0.15, 0.2) is 0 Å². The van der Waals surface area contributed by atoms with Crippen LogP contribution in [0, 0.1) is 5.92 Å². The van der Waals surface area contributed by atoms with Crippen molar-refractivity contribution < 1.29 is 28.6 Å². The summed E-state index contributed by atoms with van der Waals surface area (Å²) in [4.78, 5) is 41.1. The van der Waals surface area contributed by atoms with Crippen LogP contribution in [0.2, 0.25) is 0 Å². The molecule has 2 rings (SSSR count). The Labute approximate surface area is 344 Å². The first-order chi connectivity index (χ1) is 27.4. The normalized spacial score (nSPS) is 19.5. The van der Waals surface area contributed by atoms with E-state index in [1.54, 1.807) is 0 Å². The van der Waals surface area contributed by atoms with Gasteiger partial charge in [-0.05, 0) is 97.2 Å². The smallest absolute Gasteiger partial charge is 0.309 e. The van der Waals surface area contributed by atoms with E-state index in [1.807, 2.05) is 0 Å². The van der Waals surface area contributed by atoms with Crippen molar-refractivity contribution in [3.8, 4) is 0 Å². The van der Waals surface area contributed by atoms with Crippen LogP contribution < -0.4 is 0 Å². The summed E-state index contributed by atoms with van der Waals surface area (Å²) in [5, 5.41) is 0. The van der Waals surface area contributed by atoms with E-state index in [4.69, 9.17) is 14.2 Å². The number of esters is 3. The fraction of sp³-hybridized carbons (Fsp3) is 0.857. The molecule has 56 heavy (non-hydrogen) atoms. The standard InChI is InChI=1S/C49H87NO6/c1-4-6-8-10-12-14-16-18-20-22-24-26-28-30-32-34-47(51)54-44-40-45(42-46(41-44)56-49(53)43-36-38-50(3)39-37-43)55-48(52)35-33-31-29-27-25-23-21-19-17-15-13-11-9-7-5-2/h18-21,43-46H,4-17,22-42H2,1-3H3/b20-18-,21-19-. The predicted molar refractivity (Wildman–Crippen MR) is 233 cm³/mol. The highest BCUT2D eigenvalue weighted by Gasteiger charge is 2.36. The summed E-state index contributed by atoms with van der Waals surface area (Å²) in [6, 6.07) is 0. The summed E-state index contributed by atoms with van der Waals surface area (Å²) < 4.78 is 17.9. The lowest BCUT2D eigenvalue weighted by molar-refractivity contribution is -0.172. The van der Waals surface area contributed by atoms with Crippen LogP contribution in [0.5, 0.6) is 0 Å². The quantitative estimate of drug-likeness (QED) is 0.0278. The minimum atomic E-state index is -0.411. The van der Waals surface area contributed by atoms with Gasteiger partial charge in [-0.3, -0.25) is 14.4 Å². The summed E-state index contributed by atoms with van der Waals surface area (Å²) in [6.45, 7) is 6.30. The molecular formula is C49H87NO6. The number of rotatable bonds is 34. The zero-order valence-electron chi connectivity index (χ0n) is 36.8. The zero-order chi connectivity index (χ0) is 40.3. The van der Waals surface area contributed by atoms with Gasteiger partial charge in [-0.25, -0.2) is 0 Å². The lowest BCUT2D eigenvalue weighted by Crippen LogP contribution is -2.41. The zero-order valence-corrected chi connectivity index (χ0v) is 36.8. The van der Waals surface area contributed by atoms with Crippen molar-refractivity contribution in [2.45, 2.75) is 244 Å². The minimum absolute atomic E-state index is 0.0996. The maximum atomic E-state index is 13.1. The molecule has 2 aliphatic rings. The molecule has 1 aliphatic carbocycles. The molecule has 1 saturated carbocycles. The topological polar surface area (TPSA) is 82.1 Å². The number of nitrogens with zero attached hydrogens (tertiary/aromatic N) is 1. The molecule has 2 atom stereocenters. The second-order valence-corrected chi connectivity index (χ2v) is 17.2. The van der Waals surface area contributed by atoms with Crippen LogP contribution in [0.1, 0.15) is 226 Å². The molecule has 0 aromatic rings. The Bertz CT molecular complexity index is 972. The first kappa shape index (κ1) is 50.0. The summed E-state index contributed by atoms with van der Waals surface area (Å²) in [6.07, 6.45) is 43.6. The van der Waals surface area contributed by atoms with Gasteiger partial charge in [-0.2, -0.15) is 0 Å². The highest BCUT2D eigenvalue weighted by Crippen LogP contribution is 2.29. The lowest BCUT2D eigenvalue weighted by Gasteiger charge is -2.35. The summed E-state index contributed by atoms with van der Waals surface area (Å²) >= 11 is 0. The predicted octanol–water partition coefficient (Wildman–Crippen LogP) is 13.3. The van der Waals surface area contributed by atoms with Gasteiger partial charge in [-0.15, -0.1) is 0 Å². The molecule has 1 heterocycles. The molecule has 0 radical (unpaired) electrons. The van der Waals surface area contributed by atoms with Crippen molar-refractivity contribution in [1.82, 2.24) is 4.90 Å². The van der Waals surface area contributed by atoms with E-state index in [1.165, 1.54) is 116 Å². The van der Waals surface area contributed by atoms with E-state index in [0.717, 1.165) is 77.3 Å². The van der Waals surface area contributed by atoms with E-state index in [-0.39, 0.29) is 23.8 Å². The Kier molecular flexibility index (Phi) is 31.1. The maximum Gasteiger partial charge on any atom is 0.309 e. The molecule has 0 amide bonds. The maximum absolute atomic E-state index is 13.1. The van der Waals surface area contributed by atoms with Gasteiger partial charge in [0.25, 0.3) is 0 Å². The second kappa shape index (κ2) is 34.9. The number of piperidine rings is 1. The molecule has 0 bridgehead atoms. The molecule has 1 aliphatic heterocycles. The molecular weight excluding hydrogens is 699 g/mol. The van der Waals surface area contributed by atoms with E-state index in [2.05, 4.69) is 50.1 Å². The van der Waals surface area contributed by atoms with Crippen molar-refractivity contribution in [2.24, 2.45) is 5.92 Å². The summed E-state index contributed by atoms with van der Waals surface area (Å²) in [5.74, 6) is -0.666. The fourth-order valence-electron chi connectivity index (χ4n) is 8.13. The SMILES string of the molecule is CCCCCCCC/C=C\CCCCCCCC(=O)OC1CC(OC(=O)CCCCCCC/C=C\CCCCCCCC)CC(OC(=O)C2CCN(C)CC2)C1. The Morgan fingerprint density at radius 1 is 0.464 bits per heavy atom. The average molecular weight is 786 g/mol. The molecule has 1 saturated heterocycles. The van der Waals surface area contributed by atoms with Crippen LogP contribution in [0.3, 0.4) is 0 Å². The third kappa shape index (κ3) is 27.5. The molecule has 0 N–H and O–H groups in total. The number of carbonyl (C=O) groups excluding carboxylic acids is 3. The van der Waals surface area contributed by atoms with E-state index < -0.39 is 18.3 Å². The highest BCUT2D eigenvalue weighted by molar-refractivity contribution is 5.73. The van der Waals surface area contributed by atoms with E-state index >= 15 is 0 Å². The van der Waals surface area contributed by atoms with Crippen LogP contribution in [0.25, 0.3) is 0 Å². The van der Waals surface area contributed by atoms with Crippen LogP contribution in [-0.2, 0) is 28.6 Å². The molecule has 7 heteroatoms.